The van der Waals surface area contributed by atoms with E-state index in [0.29, 0.717) is 5.56 Å². The Kier molecular flexibility index (Phi) is 4.24. The summed E-state index contributed by atoms with van der Waals surface area (Å²) in [7, 11) is 0. The summed E-state index contributed by atoms with van der Waals surface area (Å²) in [6, 6.07) is 30.8. The molecule has 0 atom stereocenters. The molecule has 0 unspecified atom stereocenters. The zero-order valence-electron chi connectivity index (χ0n) is 14.2. The Morgan fingerprint density at radius 3 is 1.62 bits per heavy atom. The summed E-state index contributed by atoms with van der Waals surface area (Å²) >= 11 is 0. The molecule has 0 saturated heterocycles. The Morgan fingerprint density at radius 2 is 1.00 bits per heavy atom. The maximum atomic E-state index is 14.4. The number of rotatable bonds is 3. The van der Waals surface area contributed by atoms with Crippen LogP contribution in [0.1, 0.15) is 0 Å². The molecule has 4 aromatic carbocycles. The van der Waals surface area contributed by atoms with Crippen molar-refractivity contribution >= 4 is 5.69 Å². The smallest absolute Gasteiger partial charge is 0.131 e. The maximum absolute atomic E-state index is 14.4. The highest BCUT2D eigenvalue weighted by Gasteiger charge is 2.10. The van der Waals surface area contributed by atoms with Crippen molar-refractivity contribution in [2.75, 3.05) is 5.73 Å². The third-order valence-corrected chi connectivity index (χ3v) is 4.52. The Bertz CT molecular complexity index is 953. The van der Waals surface area contributed by atoms with Crippen LogP contribution in [0.4, 0.5) is 10.1 Å². The highest BCUT2D eigenvalue weighted by Crippen LogP contribution is 2.33. The van der Waals surface area contributed by atoms with Gasteiger partial charge < -0.3 is 5.73 Å². The number of nitrogen functional groups attached to an aromatic ring is 1. The third kappa shape index (κ3) is 3.09. The number of hydrogen-bond donors (Lipinski definition) is 1. The van der Waals surface area contributed by atoms with Gasteiger partial charge in [-0.25, -0.2) is 4.39 Å². The molecule has 0 amide bonds. The molecule has 0 fully saturated rings. The Hall–Kier alpha value is -3.39. The van der Waals surface area contributed by atoms with Crippen LogP contribution in [0.5, 0.6) is 0 Å². The molecule has 0 aromatic heterocycles. The average molecular weight is 339 g/mol. The van der Waals surface area contributed by atoms with Crippen molar-refractivity contribution < 1.29 is 4.39 Å². The molecule has 126 valence electrons. The fourth-order valence-electron chi connectivity index (χ4n) is 3.15. The monoisotopic (exact) mass is 339 g/mol. The van der Waals surface area contributed by atoms with E-state index < -0.39 is 0 Å². The second-order valence-corrected chi connectivity index (χ2v) is 6.23. The van der Waals surface area contributed by atoms with Gasteiger partial charge in [0, 0.05) is 16.8 Å². The van der Waals surface area contributed by atoms with Crippen molar-refractivity contribution in [3.05, 3.63) is 103 Å². The first-order valence-electron chi connectivity index (χ1n) is 8.53. The molecular formula is C24H18FN. The minimum Gasteiger partial charge on any atom is -0.398 e. The average Bonchev–Trinajstić information content (AvgIpc) is 2.70. The molecule has 2 heteroatoms. The largest absolute Gasteiger partial charge is 0.398 e. The lowest BCUT2D eigenvalue weighted by Crippen LogP contribution is -1.92. The van der Waals surface area contributed by atoms with E-state index in [9.17, 15) is 4.39 Å². The molecule has 0 bridgehead atoms. The summed E-state index contributed by atoms with van der Waals surface area (Å²) in [6.07, 6.45) is 0. The van der Waals surface area contributed by atoms with Gasteiger partial charge in [0.15, 0.2) is 0 Å². The molecule has 2 N–H and O–H groups in total. The predicted octanol–water partition coefficient (Wildman–Crippen LogP) is 6.41. The van der Waals surface area contributed by atoms with Gasteiger partial charge in [-0.05, 0) is 46.5 Å². The standard InChI is InChI=1S/C24H18FN/c25-23-13-11-19(15-21(23)17-7-3-1-4-8-17)20-12-14-24(26)22(16-20)18-9-5-2-6-10-18/h1-16H,26H2. The van der Waals surface area contributed by atoms with Crippen molar-refractivity contribution in [2.45, 2.75) is 0 Å². The Morgan fingerprint density at radius 1 is 0.500 bits per heavy atom. The molecule has 4 rings (SSSR count). The predicted molar refractivity (Wildman–Crippen MR) is 107 cm³/mol. The summed E-state index contributed by atoms with van der Waals surface area (Å²) in [6.45, 7) is 0. The molecule has 0 aliphatic heterocycles. The summed E-state index contributed by atoms with van der Waals surface area (Å²) in [5.41, 5.74) is 12.4. The fraction of sp³-hybridized carbons (Fsp3) is 0. The van der Waals surface area contributed by atoms with Crippen LogP contribution in [0.15, 0.2) is 97.1 Å². The van der Waals surface area contributed by atoms with Crippen LogP contribution in [0, 0.1) is 5.82 Å². The molecular weight excluding hydrogens is 321 g/mol. The maximum Gasteiger partial charge on any atom is 0.131 e. The van der Waals surface area contributed by atoms with Crippen molar-refractivity contribution in [2.24, 2.45) is 0 Å². The summed E-state index contributed by atoms with van der Waals surface area (Å²) < 4.78 is 14.4. The van der Waals surface area contributed by atoms with E-state index >= 15 is 0 Å². The van der Waals surface area contributed by atoms with Gasteiger partial charge in [-0.15, -0.1) is 0 Å². The van der Waals surface area contributed by atoms with Crippen LogP contribution in [0.25, 0.3) is 33.4 Å². The highest BCUT2D eigenvalue weighted by molar-refractivity contribution is 5.83. The fourth-order valence-corrected chi connectivity index (χ4v) is 3.15. The molecule has 1 nitrogen and oxygen atoms in total. The van der Waals surface area contributed by atoms with Gasteiger partial charge in [-0.3, -0.25) is 0 Å². The van der Waals surface area contributed by atoms with E-state index in [0.717, 1.165) is 33.5 Å². The molecule has 0 aliphatic rings. The van der Waals surface area contributed by atoms with E-state index in [-0.39, 0.29) is 5.82 Å². The summed E-state index contributed by atoms with van der Waals surface area (Å²) in [5.74, 6) is -0.223. The van der Waals surface area contributed by atoms with Gasteiger partial charge in [0.1, 0.15) is 5.82 Å². The first-order chi connectivity index (χ1) is 12.7. The van der Waals surface area contributed by atoms with Crippen LogP contribution < -0.4 is 5.73 Å². The normalized spacial score (nSPS) is 10.7. The lowest BCUT2D eigenvalue weighted by atomic mass is 9.95. The summed E-state index contributed by atoms with van der Waals surface area (Å²) in [4.78, 5) is 0. The number of nitrogens with two attached hydrogens (primary N) is 1. The zero-order chi connectivity index (χ0) is 17.9. The number of anilines is 1. The quantitative estimate of drug-likeness (QED) is 0.429. The molecule has 26 heavy (non-hydrogen) atoms. The zero-order valence-corrected chi connectivity index (χ0v) is 14.2. The lowest BCUT2D eigenvalue weighted by Gasteiger charge is -2.11. The van der Waals surface area contributed by atoms with E-state index in [1.165, 1.54) is 6.07 Å². The number of benzene rings is 4. The molecule has 0 saturated carbocycles. The molecule has 0 heterocycles. The highest BCUT2D eigenvalue weighted by atomic mass is 19.1. The van der Waals surface area contributed by atoms with E-state index in [1.54, 1.807) is 0 Å². The first-order valence-corrected chi connectivity index (χ1v) is 8.53. The molecule has 0 radical (unpaired) electrons. The Balaban J connectivity index is 1.82. The SMILES string of the molecule is Nc1ccc(-c2ccc(F)c(-c3ccccc3)c2)cc1-c1ccccc1. The molecule has 0 aliphatic carbocycles. The number of hydrogen-bond acceptors (Lipinski definition) is 1. The van der Waals surface area contributed by atoms with Gasteiger partial charge >= 0.3 is 0 Å². The van der Waals surface area contributed by atoms with Crippen LogP contribution in [0.3, 0.4) is 0 Å². The second kappa shape index (κ2) is 6.85. The van der Waals surface area contributed by atoms with E-state index in [4.69, 9.17) is 5.73 Å². The van der Waals surface area contributed by atoms with E-state index in [1.807, 2.05) is 84.9 Å². The van der Waals surface area contributed by atoms with Gasteiger partial charge in [0.25, 0.3) is 0 Å². The van der Waals surface area contributed by atoms with Gasteiger partial charge in [0.2, 0.25) is 0 Å². The van der Waals surface area contributed by atoms with Gasteiger partial charge in [-0.1, -0.05) is 72.8 Å². The van der Waals surface area contributed by atoms with Gasteiger partial charge in [0.05, 0.1) is 0 Å². The lowest BCUT2D eigenvalue weighted by molar-refractivity contribution is 0.631. The van der Waals surface area contributed by atoms with Crippen LogP contribution in [-0.4, -0.2) is 0 Å². The number of halogens is 1. The molecule has 0 spiro atoms. The minimum atomic E-state index is -0.223. The van der Waals surface area contributed by atoms with Crippen LogP contribution in [-0.2, 0) is 0 Å². The van der Waals surface area contributed by atoms with E-state index in [2.05, 4.69) is 6.07 Å². The van der Waals surface area contributed by atoms with Crippen molar-refractivity contribution in [3.8, 4) is 33.4 Å². The second-order valence-electron chi connectivity index (χ2n) is 6.23. The first kappa shape index (κ1) is 16.1. The van der Waals surface area contributed by atoms with Gasteiger partial charge in [-0.2, -0.15) is 0 Å². The van der Waals surface area contributed by atoms with Crippen LogP contribution in [0.2, 0.25) is 0 Å². The minimum absolute atomic E-state index is 0.223. The third-order valence-electron chi connectivity index (χ3n) is 4.52. The summed E-state index contributed by atoms with van der Waals surface area (Å²) in [5, 5.41) is 0. The Labute approximate surface area is 152 Å². The van der Waals surface area contributed by atoms with Crippen molar-refractivity contribution in [1.29, 1.82) is 0 Å². The van der Waals surface area contributed by atoms with Crippen molar-refractivity contribution in [3.63, 3.8) is 0 Å². The van der Waals surface area contributed by atoms with Crippen LogP contribution >= 0.6 is 0 Å². The topological polar surface area (TPSA) is 26.0 Å². The van der Waals surface area contributed by atoms with Crippen molar-refractivity contribution in [1.82, 2.24) is 0 Å². The molecule has 4 aromatic rings.